The van der Waals surface area contributed by atoms with Crippen LogP contribution in [0.2, 0.25) is 0 Å². The number of allylic oxidation sites excluding steroid dienone is 1. The van der Waals surface area contributed by atoms with Gasteiger partial charge in [-0.3, -0.25) is 14.6 Å². The molecule has 1 aromatic rings. The Labute approximate surface area is 174 Å². The molecular formula is C25H31N2O2. The van der Waals surface area contributed by atoms with Gasteiger partial charge < -0.3 is 4.90 Å². The second kappa shape index (κ2) is 9.82. The van der Waals surface area contributed by atoms with Gasteiger partial charge in [-0.15, -0.1) is 0 Å². The van der Waals surface area contributed by atoms with Crippen molar-refractivity contribution in [2.45, 2.75) is 46.0 Å². The van der Waals surface area contributed by atoms with Crippen LogP contribution in [0.4, 0.5) is 0 Å². The Morgan fingerprint density at radius 2 is 1.97 bits per heavy atom. The lowest BCUT2D eigenvalue weighted by Gasteiger charge is -2.21. The van der Waals surface area contributed by atoms with Gasteiger partial charge in [-0.1, -0.05) is 57.5 Å². The first-order valence-electron chi connectivity index (χ1n) is 10.7. The number of hydrogen-bond donors (Lipinski definition) is 0. The molecule has 0 aromatic heterocycles. The minimum absolute atomic E-state index is 0.0229. The summed E-state index contributed by atoms with van der Waals surface area (Å²) in [6, 6.07) is 11.0. The Bertz CT molecular complexity index is 795. The standard InChI is InChI=1S/C25H31N2O2/c1-4-5-13-24(28)23-17-27(16-22(23)19-10-7-6-8-11-19)25(29)21(18(2)3)15-20-12-9-14-26-20/h6-12,14-15,18,22-23H,4-5,13,16-17H2,1-3H3/b21-15+/t22-,23+/m0/s1. The predicted octanol–water partition coefficient (Wildman–Crippen LogP) is 4.74. The fourth-order valence-electron chi connectivity index (χ4n) is 4.09. The van der Waals surface area contributed by atoms with Crippen molar-refractivity contribution in [3.63, 3.8) is 0 Å². The van der Waals surface area contributed by atoms with Crippen LogP contribution in [0.5, 0.6) is 0 Å². The number of amides is 1. The number of carbonyl (C=O) groups excluding carboxylic acids is 2. The molecule has 0 unspecified atom stereocenters. The summed E-state index contributed by atoms with van der Waals surface area (Å²) in [5.41, 5.74) is 1.89. The van der Waals surface area contributed by atoms with Gasteiger partial charge in [-0.05, 0) is 36.1 Å². The van der Waals surface area contributed by atoms with E-state index in [-0.39, 0.29) is 29.4 Å². The van der Waals surface area contributed by atoms with Crippen LogP contribution in [0, 0.1) is 17.9 Å². The number of carbonyl (C=O) groups is 2. The summed E-state index contributed by atoms with van der Waals surface area (Å²) in [5.74, 6) is 0.330. The monoisotopic (exact) mass is 391 g/mol. The maximum Gasteiger partial charge on any atom is 0.249 e. The lowest BCUT2D eigenvalue weighted by atomic mass is 9.85. The van der Waals surface area contributed by atoms with E-state index in [1.807, 2.05) is 55.2 Å². The molecule has 0 spiro atoms. The quantitative estimate of drug-likeness (QED) is 0.601. The largest absolute Gasteiger partial charge is 0.338 e. The average molecular weight is 392 g/mol. The molecule has 2 atom stereocenters. The summed E-state index contributed by atoms with van der Waals surface area (Å²) in [5, 5.41) is 0. The fourth-order valence-corrected chi connectivity index (χ4v) is 4.09. The Hall–Kier alpha value is -2.49. The van der Waals surface area contributed by atoms with E-state index in [1.165, 1.54) is 0 Å². The van der Waals surface area contributed by atoms with E-state index < -0.39 is 0 Å². The van der Waals surface area contributed by atoms with Gasteiger partial charge in [0.25, 0.3) is 0 Å². The molecule has 29 heavy (non-hydrogen) atoms. The molecule has 2 aliphatic rings. The molecule has 1 fully saturated rings. The summed E-state index contributed by atoms with van der Waals surface area (Å²) in [7, 11) is 0. The van der Waals surface area contributed by atoms with Crippen molar-refractivity contribution < 1.29 is 9.59 Å². The van der Waals surface area contributed by atoms with Crippen LogP contribution in [-0.4, -0.2) is 35.9 Å². The van der Waals surface area contributed by atoms with Crippen LogP contribution in [0.1, 0.15) is 51.5 Å². The maximum absolute atomic E-state index is 13.4. The molecule has 1 saturated heterocycles. The number of Topliss-reactive ketones (excluding diaryl/α,β-unsaturated/α-hetero) is 1. The molecular weight excluding hydrogens is 360 g/mol. The molecule has 1 aromatic carbocycles. The first-order valence-corrected chi connectivity index (χ1v) is 10.7. The van der Waals surface area contributed by atoms with E-state index in [4.69, 9.17) is 0 Å². The van der Waals surface area contributed by atoms with Crippen molar-refractivity contribution in [1.82, 2.24) is 4.90 Å². The van der Waals surface area contributed by atoms with Gasteiger partial charge in [0, 0.05) is 43.1 Å². The van der Waals surface area contributed by atoms with Gasteiger partial charge in [-0.25, -0.2) is 0 Å². The summed E-state index contributed by atoms with van der Waals surface area (Å²) >= 11 is 0. The van der Waals surface area contributed by atoms with Gasteiger partial charge in [0.15, 0.2) is 0 Å². The molecule has 4 heteroatoms. The second-order valence-corrected chi connectivity index (χ2v) is 8.22. The highest BCUT2D eigenvalue weighted by atomic mass is 16.2. The minimum atomic E-state index is -0.127. The van der Waals surface area contributed by atoms with Gasteiger partial charge in [0.05, 0.1) is 0 Å². The van der Waals surface area contributed by atoms with Gasteiger partial charge in [0.1, 0.15) is 11.8 Å². The van der Waals surface area contributed by atoms with Crippen LogP contribution >= 0.6 is 0 Å². The molecule has 1 amide bonds. The number of aliphatic imine (C=N–C) groups is 1. The number of nitrogens with zero attached hydrogens (tertiary/aromatic N) is 2. The molecule has 2 heterocycles. The highest BCUT2D eigenvalue weighted by Gasteiger charge is 2.40. The van der Waals surface area contributed by atoms with Crippen LogP contribution < -0.4 is 0 Å². The lowest BCUT2D eigenvalue weighted by molar-refractivity contribution is -0.127. The van der Waals surface area contributed by atoms with E-state index in [0.717, 1.165) is 30.0 Å². The zero-order chi connectivity index (χ0) is 20.8. The van der Waals surface area contributed by atoms with E-state index in [2.05, 4.69) is 24.0 Å². The SMILES string of the molecule is CCCCC(=O)[C@@H]1CN(C(=O)/C(=C/[C]2C=CC=N2)C(C)C)C[C@H]1c1ccccc1. The minimum Gasteiger partial charge on any atom is -0.338 e. The summed E-state index contributed by atoms with van der Waals surface area (Å²) in [6.45, 7) is 7.25. The summed E-state index contributed by atoms with van der Waals surface area (Å²) < 4.78 is 0. The molecule has 3 rings (SSSR count). The first kappa shape index (κ1) is 21.2. The second-order valence-electron chi connectivity index (χ2n) is 8.22. The van der Waals surface area contributed by atoms with Gasteiger partial charge >= 0.3 is 0 Å². The molecule has 4 nitrogen and oxygen atoms in total. The predicted molar refractivity (Wildman–Crippen MR) is 118 cm³/mol. The summed E-state index contributed by atoms with van der Waals surface area (Å²) in [6.07, 6.45) is 9.90. The molecule has 0 saturated carbocycles. The normalized spacial score (nSPS) is 22.1. The van der Waals surface area contributed by atoms with Crippen LogP contribution in [-0.2, 0) is 9.59 Å². The molecule has 0 aliphatic carbocycles. The Morgan fingerprint density at radius 3 is 2.59 bits per heavy atom. The van der Waals surface area contributed by atoms with Crippen LogP contribution in [0.15, 0.2) is 59.1 Å². The van der Waals surface area contributed by atoms with Crippen molar-refractivity contribution in [1.29, 1.82) is 0 Å². The Balaban J connectivity index is 1.83. The number of benzene rings is 1. The van der Waals surface area contributed by atoms with Crippen molar-refractivity contribution in [2.75, 3.05) is 13.1 Å². The highest BCUT2D eigenvalue weighted by Crippen LogP contribution is 2.35. The molecule has 2 aliphatic heterocycles. The molecule has 0 bridgehead atoms. The maximum atomic E-state index is 13.4. The average Bonchev–Trinajstić information content (AvgIpc) is 3.40. The number of rotatable bonds is 8. The van der Waals surface area contributed by atoms with E-state index in [9.17, 15) is 9.59 Å². The lowest BCUT2D eigenvalue weighted by Crippen LogP contribution is -2.32. The molecule has 153 valence electrons. The van der Waals surface area contributed by atoms with E-state index in [0.29, 0.717) is 19.5 Å². The van der Waals surface area contributed by atoms with Crippen molar-refractivity contribution in [3.05, 3.63) is 65.7 Å². The molecule has 1 radical (unpaired) electrons. The van der Waals surface area contributed by atoms with Crippen molar-refractivity contribution in [3.8, 4) is 0 Å². The molecule has 0 N–H and O–H groups in total. The fraction of sp³-hybridized carbons (Fsp3) is 0.440. The zero-order valence-corrected chi connectivity index (χ0v) is 17.7. The third-order valence-electron chi connectivity index (χ3n) is 5.77. The van der Waals surface area contributed by atoms with E-state index in [1.54, 1.807) is 6.21 Å². The van der Waals surface area contributed by atoms with Gasteiger partial charge in [0.2, 0.25) is 5.91 Å². The van der Waals surface area contributed by atoms with Crippen LogP contribution in [0.25, 0.3) is 0 Å². The topological polar surface area (TPSA) is 49.7 Å². The Morgan fingerprint density at radius 1 is 1.21 bits per heavy atom. The number of likely N-dealkylation sites (tertiary alicyclic amines) is 1. The Kier molecular flexibility index (Phi) is 7.18. The highest BCUT2D eigenvalue weighted by molar-refractivity contribution is 5.96. The number of ketones is 1. The van der Waals surface area contributed by atoms with Gasteiger partial charge in [-0.2, -0.15) is 0 Å². The number of unbranched alkanes of at least 4 members (excludes halogenated alkanes) is 1. The number of hydrogen-bond acceptors (Lipinski definition) is 3. The van der Waals surface area contributed by atoms with Crippen molar-refractivity contribution in [2.24, 2.45) is 16.8 Å². The van der Waals surface area contributed by atoms with E-state index >= 15 is 0 Å². The smallest absolute Gasteiger partial charge is 0.249 e. The van der Waals surface area contributed by atoms with Crippen LogP contribution in [0.3, 0.4) is 0 Å². The third-order valence-corrected chi connectivity index (χ3v) is 5.77. The first-order chi connectivity index (χ1) is 14.0. The summed E-state index contributed by atoms with van der Waals surface area (Å²) in [4.78, 5) is 32.5. The zero-order valence-electron chi connectivity index (χ0n) is 17.7. The third kappa shape index (κ3) is 5.11. The van der Waals surface area contributed by atoms with Crippen molar-refractivity contribution >= 4 is 17.9 Å².